The van der Waals surface area contributed by atoms with E-state index in [0.717, 1.165) is 5.56 Å². The molecule has 0 fully saturated rings. The number of methoxy groups -OCH3 is 1. The third-order valence-electron chi connectivity index (χ3n) is 4.04. The van der Waals surface area contributed by atoms with Crippen LogP contribution in [0.25, 0.3) is 5.69 Å². The predicted molar refractivity (Wildman–Crippen MR) is 98.7 cm³/mol. The topological polar surface area (TPSA) is 73.2 Å². The smallest absolute Gasteiger partial charge is 0.276 e. The molecule has 0 aliphatic rings. The molecule has 6 nitrogen and oxygen atoms in total. The van der Waals surface area contributed by atoms with E-state index in [4.69, 9.17) is 4.74 Å². The van der Waals surface area contributed by atoms with Gasteiger partial charge < -0.3 is 10.1 Å². The van der Waals surface area contributed by atoms with Gasteiger partial charge in [-0.2, -0.15) is 5.10 Å². The largest absolute Gasteiger partial charge is 0.496 e. The monoisotopic (exact) mass is 367 g/mol. The molecule has 138 valence electrons. The van der Waals surface area contributed by atoms with Crippen LogP contribution in [0.2, 0.25) is 0 Å². The maximum absolute atomic E-state index is 14.1. The molecule has 1 aromatic heterocycles. The molecule has 1 amide bonds. The summed E-state index contributed by atoms with van der Waals surface area (Å²) in [5.41, 5.74) is 0.506. The fourth-order valence-corrected chi connectivity index (χ4v) is 2.68. The van der Waals surface area contributed by atoms with E-state index in [0.29, 0.717) is 11.4 Å². The molecule has 27 heavy (non-hydrogen) atoms. The van der Waals surface area contributed by atoms with Crippen LogP contribution in [0.3, 0.4) is 0 Å². The van der Waals surface area contributed by atoms with Gasteiger partial charge >= 0.3 is 0 Å². The van der Waals surface area contributed by atoms with E-state index in [9.17, 15) is 14.0 Å². The Labute approximate surface area is 155 Å². The van der Waals surface area contributed by atoms with Crippen molar-refractivity contribution in [2.75, 3.05) is 7.11 Å². The van der Waals surface area contributed by atoms with Gasteiger partial charge in [-0.25, -0.2) is 9.07 Å². The number of amides is 1. The van der Waals surface area contributed by atoms with E-state index < -0.39 is 17.2 Å². The molecule has 3 rings (SSSR count). The Kier molecular flexibility index (Phi) is 5.30. The Morgan fingerprint density at radius 3 is 2.63 bits per heavy atom. The number of ether oxygens (including phenoxy) is 1. The van der Waals surface area contributed by atoms with Crippen molar-refractivity contribution < 1.29 is 13.9 Å². The molecule has 3 aromatic rings. The van der Waals surface area contributed by atoms with Crippen molar-refractivity contribution >= 4 is 5.91 Å². The Bertz CT molecular complexity index is 1050. The number of nitrogens with zero attached hydrogens (tertiary/aromatic N) is 2. The van der Waals surface area contributed by atoms with Crippen LogP contribution in [0.5, 0.6) is 5.75 Å². The molecule has 7 heteroatoms. The number of hydrogen-bond acceptors (Lipinski definition) is 4. The summed E-state index contributed by atoms with van der Waals surface area (Å²) in [4.78, 5) is 24.7. The summed E-state index contributed by atoms with van der Waals surface area (Å²) in [5.74, 6) is -0.522. The summed E-state index contributed by atoms with van der Waals surface area (Å²) in [5, 5.41) is 6.73. The van der Waals surface area contributed by atoms with Gasteiger partial charge in [0.15, 0.2) is 5.69 Å². The predicted octanol–water partition coefficient (Wildman–Crippen LogP) is 2.62. The molecule has 0 aliphatic heterocycles. The molecule has 0 saturated carbocycles. The number of carbonyl (C=O) groups is 1. The SMILES string of the molecule is COc1ccccc1CNC(=O)c1nn(-c2ccccc2F)c(C)cc1=O. The van der Waals surface area contributed by atoms with Crippen LogP contribution in [0.4, 0.5) is 4.39 Å². The van der Waals surface area contributed by atoms with E-state index in [2.05, 4.69) is 10.4 Å². The van der Waals surface area contributed by atoms with Crippen LogP contribution >= 0.6 is 0 Å². The third-order valence-corrected chi connectivity index (χ3v) is 4.04. The summed E-state index contributed by atoms with van der Waals surface area (Å²) < 4.78 is 20.6. The normalized spacial score (nSPS) is 10.5. The van der Waals surface area contributed by atoms with Gasteiger partial charge in [0, 0.05) is 23.9 Å². The van der Waals surface area contributed by atoms with Crippen LogP contribution < -0.4 is 15.5 Å². The minimum absolute atomic E-state index is 0.161. The Balaban J connectivity index is 1.90. The Hall–Kier alpha value is -3.48. The number of carbonyl (C=O) groups excluding carboxylic acids is 1. The number of para-hydroxylation sites is 2. The van der Waals surface area contributed by atoms with Gasteiger partial charge in [0.1, 0.15) is 17.3 Å². The first kappa shape index (κ1) is 18.3. The summed E-state index contributed by atoms with van der Waals surface area (Å²) in [6.45, 7) is 1.79. The second kappa shape index (κ2) is 7.82. The van der Waals surface area contributed by atoms with Crippen molar-refractivity contribution in [2.45, 2.75) is 13.5 Å². The molecule has 0 saturated heterocycles. The van der Waals surface area contributed by atoms with Crippen LogP contribution in [0.15, 0.2) is 59.4 Å². The number of hydrogen-bond donors (Lipinski definition) is 1. The summed E-state index contributed by atoms with van der Waals surface area (Å²) in [6, 6.07) is 14.5. The molecule has 2 aromatic carbocycles. The van der Waals surface area contributed by atoms with E-state index in [1.165, 1.54) is 30.0 Å². The zero-order valence-electron chi connectivity index (χ0n) is 14.9. The molecule has 0 bridgehead atoms. The van der Waals surface area contributed by atoms with Crippen LogP contribution in [-0.2, 0) is 6.54 Å². The molecule has 0 radical (unpaired) electrons. The second-order valence-corrected chi connectivity index (χ2v) is 5.86. The summed E-state index contributed by atoms with van der Waals surface area (Å²) in [6.07, 6.45) is 0. The zero-order chi connectivity index (χ0) is 19.4. The standard InChI is InChI=1S/C20H18FN3O3/c1-13-11-17(25)19(23-24(13)16-9-5-4-8-15(16)21)20(26)22-12-14-7-3-6-10-18(14)27-2/h3-11H,12H2,1-2H3,(H,22,26). The van der Waals surface area contributed by atoms with E-state index in [-0.39, 0.29) is 17.9 Å². The van der Waals surface area contributed by atoms with Gasteiger partial charge in [0.05, 0.1) is 7.11 Å². The summed E-state index contributed by atoms with van der Waals surface area (Å²) >= 11 is 0. The number of halogens is 1. The van der Waals surface area contributed by atoms with Crippen molar-refractivity contribution in [3.8, 4) is 11.4 Å². The molecular weight excluding hydrogens is 349 g/mol. The average Bonchev–Trinajstić information content (AvgIpc) is 2.67. The highest BCUT2D eigenvalue weighted by atomic mass is 19.1. The van der Waals surface area contributed by atoms with Gasteiger partial charge in [0.2, 0.25) is 5.43 Å². The highest BCUT2D eigenvalue weighted by molar-refractivity contribution is 5.92. The molecular formula is C20H18FN3O3. The number of nitrogens with one attached hydrogen (secondary N) is 1. The average molecular weight is 367 g/mol. The van der Waals surface area contributed by atoms with Gasteiger partial charge in [-0.1, -0.05) is 30.3 Å². The highest BCUT2D eigenvalue weighted by Gasteiger charge is 2.17. The lowest BCUT2D eigenvalue weighted by Gasteiger charge is -2.12. The van der Waals surface area contributed by atoms with Gasteiger partial charge in [-0.05, 0) is 25.1 Å². The fraction of sp³-hybridized carbons (Fsp3) is 0.150. The molecule has 0 unspecified atom stereocenters. The third kappa shape index (κ3) is 3.87. The van der Waals surface area contributed by atoms with Crippen LogP contribution in [-0.4, -0.2) is 22.8 Å². The van der Waals surface area contributed by atoms with Crippen molar-refractivity contribution in [1.29, 1.82) is 0 Å². The fourth-order valence-electron chi connectivity index (χ4n) is 2.68. The maximum Gasteiger partial charge on any atom is 0.276 e. The van der Waals surface area contributed by atoms with Gasteiger partial charge in [0.25, 0.3) is 5.91 Å². The minimum Gasteiger partial charge on any atom is -0.496 e. The number of rotatable bonds is 5. The molecule has 1 N–H and O–H groups in total. The van der Waals surface area contributed by atoms with Crippen LogP contribution in [0, 0.1) is 12.7 Å². The lowest BCUT2D eigenvalue weighted by atomic mass is 10.2. The molecule has 0 spiro atoms. The number of aryl methyl sites for hydroxylation is 1. The lowest BCUT2D eigenvalue weighted by Crippen LogP contribution is -2.31. The second-order valence-electron chi connectivity index (χ2n) is 5.86. The maximum atomic E-state index is 14.1. The van der Waals surface area contributed by atoms with Crippen LogP contribution in [0.1, 0.15) is 21.7 Å². The molecule has 0 atom stereocenters. The highest BCUT2D eigenvalue weighted by Crippen LogP contribution is 2.17. The quantitative estimate of drug-likeness (QED) is 0.752. The molecule has 1 heterocycles. The molecule has 0 aliphatic carbocycles. The number of aromatic nitrogens is 2. The Morgan fingerprint density at radius 2 is 1.89 bits per heavy atom. The lowest BCUT2D eigenvalue weighted by molar-refractivity contribution is 0.0942. The summed E-state index contributed by atoms with van der Waals surface area (Å²) in [7, 11) is 1.54. The van der Waals surface area contributed by atoms with Gasteiger partial charge in [-0.15, -0.1) is 0 Å². The Morgan fingerprint density at radius 1 is 1.19 bits per heavy atom. The van der Waals surface area contributed by atoms with Crippen molar-refractivity contribution in [3.63, 3.8) is 0 Å². The van der Waals surface area contributed by atoms with E-state index in [1.807, 2.05) is 12.1 Å². The van der Waals surface area contributed by atoms with Crippen molar-refractivity contribution in [2.24, 2.45) is 0 Å². The van der Waals surface area contributed by atoms with E-state index >= 15 is 0 Å². The number of benzene rings is 2. The zero-order valence-corrected chi connectivity index (χ0v) is 14.9. The van der Waals surface area contributed by atoms with Gasteiger partial charge in [-0.3, -0.25) is 9.59 Å². The first-order chi connectivity index (χ1) is 13.0. The first-order valence-corrected chi connectivity index (χ1v) is 8.27. The van der Waals surface area contributed by atoms with Crippen molar-refractivity contribution in [3.05, 3.63) is 87.6 Å². The minimum atomic E-state index is -0.643. The van der Waals surface area contributed by atoms with E-state index in [1.54, 1.807) is 31.2 Å². The first-order valence-electron chi connectivity index (χ1n) is 8.27. The van der Waals surface area contributed by atoms with Crippen molar-refractivity contribution in [1.82, 2.24) is 15.1 Å².